The number of rotatable bonds is 5. The molecular formula is C19H24FN4O6-. The Balaban J connectivity index is 1.68. The second kappa shape index (κ2) is 8.74. The molecule has 2 saturated heterocycles. The van der Waals surface area contributed by atoms with E-state index < -0.39 is 30.0 Å². The summed E-state index contributed by atoms with van der Waals surface area (Å²) >= 11 is 0. The zero-order chi connectivity index (χ0) is 22.0. The van der Waals surface area contributed by atoms with E-state index in [-0.39, 0.29) is 30.1 Å². The van der Waals surface area contributed by atoms with Crippen LogP contribution in [0.4, 0.5) is 25.4 Å². The fourth-order valence-corrected chi connectivity index (χ4v) is 3.62. The maximum Gasteiger partial charge on any atom is 0.414 e. The Morgan fingerprint density at radius 1 is 1.37 bits per heavy atom. The van der Waals surface area contributed by atoms with Crippen molar-refractivity contribution in [1.29, 1.82) is 0 Å². The van der Waals surface area contributed by atoms with E-state index in [1.54, 1.807) is 12.1 Å². The summed E-state index contributed by atoms with van der Waals surface area (Å²) in [6.45, 7) is 3.80. The van der Waals surface area contributed by atoms with E-state index in [1.165, 1.54) is 18.1 Å². The molecule has 1 N–H and O–H groups in total. The molecule has 0 unspecified atom stereocenters. The number of hydroxylamine groups is 2. The van der Waals surface area contributed by atoms with Crippen LogP contribution in [0.1, 0.15) is 13.8 Å². The number of nitrogens with one attached hydrogen (secondary N) is 1. The number of ether oxygens (including phenoxy) is 2. The topological polar surface area (TPSA) is 114 Å². The fourth-order valence-electron chi connectivity index (χ4n) is 3.62. The van der Waals surface area contributed by atoms with Crippen LogP contribution in [-0.4, -0.2) is 68.6 Å². The number of amides is 3. The number of carbonyl (C=O) groups excluding carboxylic acids is 3. The van der Waals surface area contributed by atoms with Gasteiger partial charge >= 0.3 is 12.2 Å². The van der Waals surface area contributed by atoms with Gasteiger partial charge in [0.2, 0.25) is 5.91 Å². The van der Waals surface area contributed by atoms with Crippen molar-refractivity contribution >= 4 is 29.5 Å². The van der Waals surface area contributed by atoms with Crippen LogP contribution in [0.5, 0.6) is 0 Å². The molecule has 2 fully saturated rings. The van der Waals surface area contributed by atoms with Crippen molar-refractivity contribution in [1.82, 2.24) is 10.4 Å². The average Bonchev–Trinajstić information content (AvgIpc) is 3.23. The van der Waals surface area contributed by atoms with Crippen LogP contribution in [-0.2, 0) is 14.3 Å². The predicted octanol–water partition coefficient (Wildman–Crippen LogP) is 1.68. The molecule has 3 atom stereocenters. The SMILES string of the molecule is COC(=O)N[C@H]1CN(c2ccc(N3C[C@@H](CN([O-])C(C)=O)OC3=O)cc2F)C[C@@H]1C. The molecular weight excluding hydrogens is 399 g/mol. The molecule has 1 aromatic carbocycles. The van der Waals surface area contributed by atoms with Gasteiger partial charge in [-0.2, -0.15) is 0 Å². The van der Waals surface area contributed by atoms with Crippen LogP contribution >= 0.6 is 0 Å². The Labute approximate surface area is 173 Å². The van der Waals surface area contributed by atoms with Gasteiger partial charge in [-0.25, -0.2) is 14.0 Å². The lowest BCUT2D eigenvalue weighted by Gasteiger charge is -2.28. The van der Waals surface area contributed by atoms with Gasteiger partial charge in [0.15, 0.2) is 0 Å². The number of anilines is 2. The van der Waals surface area contributed by atoms with Gasteiger partial charge in [0.05, 0.1) is 31.1 Å². The zero-order valence-corrected chi connectivity index (χ0v) is 17.0. The first-order valence-electron chi connectivity index (χ1n) is 9.52. The molecule has 3 amide bonds. The van der Waals surface area contributed by atoms with Crippen LogP contribution in [0.15, 0.2) is 18.2 Å². The third kappa shape index (κ3) is 4.56. The summed E-state index contributed by atoms with van der Waals surface area (Å²) < 4.78 is 24.6. The summed E-state index contributed by atoms with van der Waals surface area (Å²) in [5, 5.41) is 14.5. The maximum atomic E-state index is 14.8. The van der Waals surface area contributed by atoms with E-state index in [0.717, 1.165) is 6.92 Å². The highest BCUT2D eigenvalue weighted by molar-refractivity contribution is 5.90. The largest absolute Gasteiger partial charge is 0.756 e. The predicted molar refractivity (Wildman–Crippen MR) is 105 cm³/mol. The molecule has 0 bridgehead atoms. The van der Waals surface area contributed by atoms with Gasteiger partial charge in [0.1, 0.15) is 11.9 Å². The number of halogens is 1. The highest BCUT2D eigenvalue weighted by atomic mass is 19.1. The van der Waals surface area contributed by atoms with E-state index in [4.69, 9.17) is 4.74 Å². The summed E-state index contributed by atoms with van der Waals surface area (Å²) in [7, 11) is 1.29. The third-order valence-corrected chi connectivity index (χ3v) is 5.28. The van der Waals surface area contributed by atoms with Gasteiger partial charge in [0.25, 0.3) is 0 Å². The molecule has 2 aliphatic heterocycles. The van der Waals surface area contributed by atoms with Gasteiger partial charge in [-0.05, 0) is 24.1 Å². The van der Waals surface area contributed by atoms with Crippen LogP contribution in [0, 0.1) is 16.9 Å². The fraction of sp³-hybridized carbons (Fsp3) is 0.526. The highest BCUT2D eigenvalue weighted by Gasteiger charge is 2.35. The smallest absolute Gasteiger partial charge is 0.414 e. The first-order valence-corrected chi connectivity index (χ1v) is 9.52. The van der Waals surface area contributed by atoms with Gasteiger partial charge in [-0.1, -0.05) is 6.92 Å². The van der Waals surface area contributed by atoms with Crippen molar-refractivity contribution in [3.05, 3.63) is 29.2 Å². The summed E-state index contributed by atoms with van der Waals surface area (Å²) in [6, 6.07) is 4.20. The average molecular weight is 423 g/mol. The van der Waals surface area contributed by atoms with Crippen molar-refractivity contribution in [2.45, 2.75) is 26.0 Å². The van der Waals surface area contributed by atoms with E-state index in [0.29, 0.717) is 24.5 Å². The molecule has 0 aliphatic carbocycles. The second-order valence-electron chi connectivity index (χ2n) is 7.46. The van der Waals surface area contributed by atoms with Crippen molar-refractivity contribution in [3.8, 4) is 0 Å². The number of alkyl carbamates (subject to hydrolysis) is 1. The summed E-state index contributed by atoms with van der Waals surface area (Å²) in [6.07, 6.45) is -2.03. The Hall–Kier alpha value is -3.08. The monoisotopic (exact) mass is 423 g/mol. The normalized spacial score (nSPS) is 23.4. The van der Waals surface area contributed by atoms with Gasteiger partial charge in [-0.15, -0.1) is 0 Å². The number of hydrogen-bond acceptors (Lipinski definition) is 7. The molecule has 0 saturated carbocycles. The minimum absolute atomic E-state index is 0.0372. The Morgan fingerprint density at radius 2 is 2.10 bits per heavy atom. The molecule has 2 heterocycles. The molecule has 10 nitrogen and oxygen atoms in total. The Morgan fingerprint density at radius 3 is 2.73 bits per heavy atom. The maximum absolute atomic E-state index is 14.8. The number of nitrogens with zero attached hydrogens (tertiary/aromatic N) is 3. The number of benzene rings is 1. The molecule has 3 rings (SSSR count). The van der Waals surface area contributed by atoms with Crippen molar-refractivity contribution in [3.63, 3.8) is 0 Å². The number of cyclic esters (lactones) is 1. The van der Waals surface area contributed by atoms with Crippen LogP contribution < -0.4 is 15.1 Å². The van der Waals surface area contributed by atoms with Gasteiger partial charge in [0, 0.05) is 26.6 Å². The quantitative estimate of drug-likeness (QED) is 0.717. The Kier molecular flexibility index (Phi) is 6.30. The lowest BCUT2D eigenvalue weighted by Crippen LogP contribution is -2.39. The highest BCUT2D eigenvalue weighted by Crippen LogP contribution is 2.31. The van der Waals surface area contributed by atoms with E-state index in [1.807, 2.05) is 11.8 Å². The molecule has 30 heavy (non-hydrogen) atoms. The molecule has 0 radical (unpaired) electrons. The van der Waals surface area contributed by atoms with Crippen LogP contribution in [0.25, 0.3) is 0 Å². The van der Waals surface area contributed by atoms with Crippen molar-refractivity contribution in [2.24, 2.45) is 5.92 Å². The minimum atomic E-state index is -0.786. The number of carbonyl (C=O) groups is 3. The van der Waals surface area contributed by atoms with Crippen molar-refractivity contribution < 1.29 is 28.2 Å². The number of methoxy groups -OCH3 is 1. The van der Waals surface area contributed by atoms with Gasteiger partial charge < -0.3 is 30.0 Å². The first kappa shape index (κ1) is 21.6. The molecule has 0 spiro atoms. The second-order valence-corrected chi connectivity index (χ2v) is 7.46. The lowest BCUT2D eigenvalue weighted by molar-refractivity contribution is -0.127. The molecule has 164 valence electrons. The molecule has 1 aromatic rings. The summed E-state index contributed by atoms with van der Waals surface area (Å²) in [5.41, 5.74) is 0.645. The first-order chi connectivity index (χ1) is 14.2. The Bertz CT molecular complexity index is 837. The van der Waals surface area contributed by atoms with E-state index >= 15 is 0 Å². The molecule has 11 heteroatoms. The molecule has 2 aliphatic rings. The summed E-state index contributed by atoms with van der Waals surface area (Å²) in [4.78, 5) is 37.7. The van der Waals surface area contributed by atoms with Crippen LogP contribution in [0.2, 0.25) is 0 Å². The van der Waals surface area contributed by atoms with Crippen LogP contribution in [0.3, 0.4) is 0 Å². The van der Waals surface area contributed by atoms with Gasteiger partial charge in [-0.3, -0.25) is 9.69 Å². The zero-order valence-electron chi connectivity index (χ0n) is 17.0. The van der Waals surface area contributed by atoms with E-state index in [2.05, 4.69) is 10.1 Å². The van der Waals surface area contributed by atoms with Crippen molar-refractivity contribution in [2.75, 3.05) is 43.1 Å². The number of hydrogen-bond donors (Lipinski definition) is 1. The minimum Gasteiger partial charge on any atom is -0.756 e. The molecule has 0 aromatic heterocycles. The third-order valence-electron chi connectivity index (χ3n) is 5.28. The standard InChI is InChI=1S/C19H24FN4O6/c1-11-7-22(10-16(11)21-18(26)29-3)17-5-4-13(6-15(17)20)23-8-14(30-19(23)27)9-24(28)12(2)25/h4-6,11,14,16H,7-10H2,1-3H3,(H,21,26)/q-1/t11-,14-,16-/m0/s1. The summed E-state index contributed by atoms with van der Waals surface area (Å²) in [5.74, 6) is -1.11. The van der Waals surface area contributed by atoms with E-state index in [9.17, 15) is 24.0 Å². The lowest BCUT2D eigenvalue weighted by atomic mass is 10.1.